The smallest absolute Gasteiger partial charge is 0.261 e. The monoisotopic (exact) mass is 394 g/mol. The van der Waals surface area contributed by atoms with Crippen molar-refractivity contribution in [3.05, 3.63) is 69.8 Å². The summed E-state index contributed by atoms with van der Waals surface area (Å²) in [6, 6.07) is 13.2. The molecule has 0 bridgehead atoms. The van der Waals surface area contributed by atoms with Crippen molar-refractivity contribution < 1.29 is 9.53 Å². The van der Waals surface area contributed by atoms with Crippen molar-refractivity contribution in [2.24, 2.45) is 5.73 Å². The van der Waals surface area contributed by atoms with Crippen LogP contribution in [0.25, 0.3) is 10.9 Å². The minimum absolute atomic E-state index is 0.196. The number of primary amides is 1. The number of hydrogen-bond donors (Lipinski definition) is 1. The minimum Gasteiger partial charge on any atom is -0.492 e. The first kappa shape index (κ1) is 20.5. The van der Waals surface area contributed by atoms with E-state index >= 15 is 0 Å². The summed E-state index contributed by atoms with van der Waals surface area (Å²) in [6.45, 7) is 5.40. The van der Waals surface area contributed by atoms with E-state index in [9.17, 15) is 9.59 Å². The topological polar surface area (TPSA) is 90.4 Å². The summed E-state index contributed by atoms with van der Waals surface area (Å²) in [7, 11) is 1.92. The maximum absolute atomic E-state index is 12.8. The first-order valence-corrected chi connectivity index (χ1v) is 9.50. The number of para-hydroxylation sites is 1. The van der Waals surface area contributed by atoms with E-state index in [2.05, 4.69) is 11.1 Å². The molecule has 7 heteroatoms. The van der Waals surface area contributed by atoms with Crippen LogP contribution in [-0.4, -0.2) is 40.6 Å². The molecule has 1 amide bonds. The number of rotatable bonds is 8. The predicted octanol–water partition coefficient (Wildman–Crippen LogP) is 2.01. The Morgan fingerprint density at radius 1 is 1.17 bits per heavy atom. The van der Waals surface area contributed by atoms with E-state index in [0.29, 0.717) is 36.4 Å². The largest absolute Gasteiger partial charge is 0.492 e. The molecule has 1 aromatic heterocycles. The van der Waals surface area contributed by atoms with Crippen molar-refractivity contribution in [3.63, 3.8) is 0 Å². The Hall–Kier alpha value is -3.19. The third-order valence-corrected chi connectivity index (χ3v) is 4.60. The van der Waals surface area contributed by atoms with Crippen molar-refractivity contribution in [3.8, 4) is 5.75 Å². The second kappa shape index (κ2) is 8.87. The molecule has 0 fully saturated rings. The third-order valence-electron chi connectivity index (χ3n) is 4.60. The summed E-state index contributed by atoms with van der Waals surface area (Å²) in [6.07, 6.45) is 0. The van der Waals surface area contributed by atoms with E-state index < -0.39 is 5.91 Å². The Morgan fingerprint density at radius 2 is 1.86 bits per heavy atom. The lowest BCUT2D eigenvalue weighted by molar-refractivity contribution is -0.118. The zero-order chi connectivity index (χ0) is 21.0. The van der Waals surface area contributed by atoms with Gasteiger partial charge in [-0.1, -0.05) is 18.2 Å². The van der Waals surface area contributed by atoms with Crippen LogP contribution < -0.4 is 16.0 Å². The van der Waals surface area contributed by atoms with Crippen molar-refractivity contribution in [2.75, 3.05) is 20.2 Å². The molecule has 0 aliphatic carbocycles. The lowest BCUT2D eigenvalue weighted by atomic mass is 10.1. The van der Waals surface area contributed by atoms with Crippen molar-refractivity contribution in [2.45, 2.75) is 26.9 Å². The molecule has 1 heterocycles. The van der Waals surface area contributed by atoms with E-state index in [0.717, 1.165) is 16.9 Å². The summed E-state index contributed by atoms with van der Waals surface area (Å²) in [5.74, 6) is 0.762. The number of fused-ring (bicyclic) bond motifs is 1. The van der Waals surface area contributed by atoms with Gasteiger partial charge in [-0.2, -0.15) is 0 Å². The van der Waals surface area contributed by atoms with Gasteiger partial charge in [-0.25, -0.2) is 4.98 Å². The average Bonchev–Trinajstić information content (AvgIpc) is 2.64. The van der Waals surface area contributed by atoms with Crippen LogP contribution in [0.1, 0.15) is 17.0 Å². The molecule has 0 saturated carbocycles. The number of aryl methyl sites for hydroxylation is 2. The standard InChI is InChI=1S/C22H26N4O3/c1-15-10-16(2)12-17(11-15)29-9-8-25(3)14-21-24-19-7-5-4-6-18(19)22(28)26(21)13-20(23)27/h4-7,10-12H,8-9,13-14H2,1-3H3,(H2,23,27). The molecule has 2 N–H and O–H groups in total. The number of amides is 1. The van der Waals surface area contributed by atoms with Crippen molar-refractivity contribution >= 4 is 16.8 Å². The van der Waals surface area contributed by atoms with Crippen molar-refractivity contribution in [1.82, 2.24) is 14.5 Å². The number of carbonyl (C=O) groups excluding carboxylic acids is 1. The quantitative estimate of drug-likeness (QED) is 0.631. The molecule has 0 atom stereocenters. The number of nitrogens with two attached hydrogens (primary N) is 1. The highest BCUT2D eigenvalue weighted by Gasteiger charge is 2.14. The fraction of sp³-hybridized carbons (Fsp3) is 0.318. The lowest BCUT2D eigenvalue weighted by Gasteiger charge is -2.19. The van der Waals surface area contributed by atoms with Crippen LogP contribution in [0.4, 0.5) is 0 Å². The second-order valence-corrected chi connectivity index (χ2v) is 7.31. The van der Waals surface area contributed by atoms with Crippen LogP contribution in [0.3, 0.4) is 0 Å². The minimum atomic E-state index is -0.578. The van der Waals surface area contributed by atoms with Gasteiger partial charge in [-0.15, -0.1) is 0 Å². The zero-order valence-corrected chi connectivity index (χ0v) is 17.0. The van der Waals surface area contributed by atoms with Gasteiger partial charge in [0, 0.05) is 6.54 Å². The first-order chi connectivity index (χ1) is 13.8. The molecular weight excluding hydrogens is 368 g/mol. The fourth-order valence-electron chi connectivity index (χ4n) is 3.31. The Kier molecular flexibility index (Phi) is 6.29. The maximum Gasteiger partial charge on any atom is 0.261 e. The zero-order valence-electron chi connectivity index (χ0n) is 17.0. The van der Waals surface area contributed by atoms with Gasteiger partial charge in [0.25, 0.3) is 5.56 Å². The van der Waals surface area contributed by atoms with E-state index in [4.69, 9.17) is 10.5 Å². The second-order valence-electron chi connectivity index (χ2n) is 7.31. The number of hydrogen-bond acceptors (Lipinski definition) is 5. The van der Waals surface area contributed by atoms with Gasteiger partial charge < -0.3 is 10.5 Å². The molecule has 152 valence electrons. The Bertz CT molecular complexity index is 1070. The highest BCUT2D eigenvalue weighted by atomic mass is 16.5. The highest BCUT2D eigenvalue weighted by Crippen LogP contribution is 2.16. The van der Waals surface area contributed by atoms with Crippen LogP contribution in [0.15, 0.2) is 47.3 Å². The van der Waals surface area contributed by atoms with Gasteiger partial charge in [0.05, 0.1) is 17.4 Å². The van der Waals surface area contributed by atoms with E-state index in [1.54, 1.807) is 18.2 Å². The van der Waals surface area contributed by atoms with Gasteiger partial charge in [0.1, 0.15) is 24.7 Å². The highest BCUT2D eigenvalue weighted by molar-refractivity contribution is 5.78. The summed E-state index contributed by atoms with van der Waals surface area (Å²) in [4.78, 5) is 30.9. The number of nitrogens with zero attached hydrogens (tertiary/aromatic N) is 3. The third kappa shape index (κ3) is 5.20. The molecule has 0 spiro atoms. The molecule has 0 aliphatic heterocycles. The van der Waals surface area contributed by atoms with Gasteiger partial charge in [0.2, 0.25) is 5.91 Å². The number of ether oxygens (including phenoxy) is 1. The number of aromatic nitrogens is 2. The van der Waals surface area contributed by atoms with Crippen LogP contribution in [-0.2, 0) is 17.9 Å². The summed E-state index contributed by atoms with van der Waals surface area (Å²) in [5.41, 5.74) is 8.00. The number of likely N-dealkylation sites (N-methyl/N-ethyl adjacent to an activating group) is 1. The fourth-order valence-corrected chi connectivity index (χ4v) is 3.31. The Morgan fingerprint density at radius 3 is 2.55 bits per heavy atom. The van der Waals surface area contributed by atoms with E-state index in [-0.39, 0.29) is 12.1 Å². The van der Waals surface area contributed by atoms with E-state index in [1.165, 1.54) is 4.57 Å². The van der Waals surface area contributed by atoms with Crippen LogP contribution in [0.2, 0.25) is 0 Å². The summed E-state index contributed by atoms with van der Waals surface area (Å²) < 4.78 is 7.21. The molecule has 29 heavy (non-hydrogen) atoms. The van der Waals surface area contributed by atoms with Gasteiger partial charge in [-0.05, 0) is 56.3 Å². The first-order valence-electron chi connectivity index (χ1n) is 9.50. The molecule has 3 aromatic rings. The molecule has 3 rings (SSSR count). The molecule has 7 nitrogen and oxygen atoms in total. The predicted molar refractivity (Wildman–Crippen MR) is 113 cm³/mol. The molecule has 2 aromatic carbocycles. The lowest BCUT2D eigenvalue weighted by Crippen LogP contribution is -2.34. The number of benzene rings is 2. The molecule has 0 radical (unpaired) electrons. The molecule has 0 saturated heterocycles. The van der Waals surface area contributed by atoms with Crippen LogP contribution >= 0.6 is 0 Å². The maximum atomic E-state index is 12.8. The van der Waals surface area contributed by atoms with Gasteiger partial charge in [-0.3, -0.25) is 19.1 Å². The summed E-state index contributed by atoms with van der Waals surface area (Å²) in [5, 5.41) is 0.471. The number of carbonyl (C=O) groups is 1. The Balaban J connectivity index is 1.74. The normalized spacial score (nSPS) is 11.2. The van der Waals surface area contributed by atoms with Crippen molar-refractivity contribution in [1.29, 1.82) is 0 Å². The van der Waals surface area contributed by atoms with Gasteiger partial charge in [0.15, 0.2) is 0 Å². The molecule has 0 unspecified atom stereocenters. The SMILES string of the molecule is Cc1cc(C)cc(OCCN(C)Cc2nc3ccccc3c(=O)n2CC(N)=O)c1. The van der Waals surface area contributed by atoms with E-state index in [1.807, 2.05) is 44.0 Å². The summed E-state index contributed by atoms with van der Waals surface area (Å²) >= 11 is 0. The average molecular weight is 394 g/mol. The van der Waals surface area contributed by atoms with Crippen LogP contribution in [0, 0.1) is 13.8 Å². The van der Waals surface area contributed by atoms with Crippen LogP contribution in [0.5, 0.6) is 5.75 Å². The molecule has 0 aliphatic rings. The molecular formula is C22H26N4O3. The Labute approximate surface area is 169 Å². The van der Waals surface area contributed by atoms with Gasteiger partial charge >= 0.3 is 0 Å².